The minimum absolute atomic E-state index is 0.0151. The quantitative estimate of drug-likeness (QED) is 0.438. The van der Waals surface area contributed by atoms with Crippen LogP contribution in [0.2, 0.25) is 0 Å². The molecular formula is C17H14F3N5O3. The summed E-state index contributed by atoms with van der Waals surface area (Å²) in [5.74, 6) is 0.0894. The highest BCUT2D eigenvalue weighted by Crippen LogP contribution is 2.34. The molecule has 0 saturated heterocycles. The van der Waals surface area contributed by atoms with Gasteiger partial charge in [-0.25, -0.2) is 4.98 Å². The van der Waals surface area contributed by atoms with Gasteiger partial charge < -0.3 is 4.98 Å². The van der Waals surface area contributed by atoms with Gasteiger partial charge in [0.1, 0.15) is 11.5 Å². The van der Waals surface area contributed by atoms with Crippen LogP contribution in [0.5, 0.6) is 0 Å². The molecule has 1 heterocycles. The first-order chi connectivity index (χ1) is 13.2. The number of hydrazine groups is 1. The number of nitrogens with one attached hydrogen (secondary N) is 3. The molecule has 3 N–H and O–H groups in total. The van der Waals surface area contributed by atoms with Crippen LogP contribution in [-0.2, 0) is 17.4 Å². The van der Waals surface area contributed by atoms with Gasteiger partial charge in [-0.2, -0.15) is 13.2 Å². The second kappa shape index (κ2) is 7.55. The fourth-order valence-electron chi connectivity index (χ4n) is 2.52. The summed E-state index contributed by atoms with van der Waals surface area (Å²) in [7, 11) is 0. The van der Waals surface area contributed by atoms with E-state index in [0.29, 0.717) is 18.0 Å². The number of H-pyrrole nitrogens is 1. The highest BCUT2D eigenvalue weighted by atomic mass is 19.4. The van der Waals surface area contributed by atoms with E-state index in [9.17, 15) is 28.1 Å². The molecule has 3 rings (SSSR count). The maximum Gasteiger partial charge on any atom is 0.416 e. The van der Waals surface area contributed by atoms with Crippen molar-refractivity contribution in [2.45, 2.75) is 19.0 Å². The highest BCUT2D eigenvalue weighted by molar-refractivity contribution is 5.79. The van der Waals surface area contributed by atoms with E-state index in [1.54, 1.807) is 0 Å². The monoisotopic (exact) mass is 393 g/mol. The summed E-state index contributed by atoms with van der Waals surface area (Å²) in [4.78, 5) is 29.4. The lowest BCUT2D eigenvalue weighted by molar-refractivity contribution is -0.384. The van der Waals surface area contributed by atoms with Crippen LogP contribution in [0, 0.1) is 10.1 Å². The Hall–Kier alpha value is -3.63. The van der Waals surface area contributed by atoms with E-state index in [0.717, 1.165) is 17.1 Å². The molecule has 11 heteroatoms. The largest absolute Gasteiger partial charge is 0.416 e. The topological polar surface area (TPSA) is 113 Å². The lowest BCUT2D eigenvalue weighted by Gasteiger charge is -2.11. The van der Waals surface area contributed by atoms with Gasteiger partial charge >= 0.3 is 6.18 Å². The average molecular weight is 393 g/mol. The molecule has 0 radical (unpaired) electrons. The summed E-state index contributed by atoms with van der Waals surface area (Å²) in [5, 5.41) is 11.0. The van der Waals surface area contributed by atoms with Crippen molar-refractivity contribution >= 4 is 28.3 Å². The fourth-order valence-corrected chi connectivity index (χ4v) is 2.52. The third-order valence-corrected chi connectivity index (χ3v) is 3.89. The number of para-hydroxylation sites is 2. The number of aryl methyl sites for hydroxylation is 1. The number of imidazole rings is 1. The van der Waals surface area contributed by atoms with Gasteiger partial charge in [-0.3, -0.25) is 25.8 Å². The van der Waals surface area contributed by atoms with Gasteiger partial charge in [-0.1, -0.05) is 12.1 Å². The Labute approximate surface area is 155 Å². The number of carbonyl (C=O) groups excluding carboxylic acids is 1. The average Bonchev–Trinajstić information content (AvgIpc) is 3.06. The number of aromatic amines is 1. The van der Waals surface area contributed by atoms with Crippen molar-refractivity contribution in [3.63, 3.8) is 0 Å². The third kappa shape index (κ3) is 4.37. The van der Waals surface area contributed by atoms with Crippen LogP contribution in [-0.4, -0.2) is 20.8 Å². The van der Waals surface area contributed by atoms with Crippen LogP contribution >= 0.6 is 0 Å². The second-order valence-corrected chi connectivity index (χ2v) is 5.86. The second-order valence-electron chi connectivity index (χ2n) is 5.86. The Bertz CT molecular complexity index is 999. The summed E-state index contributed by atoms with van der Waals surface area (Å²) >= 11 is 0. The van der Waals surface area contributed by atoms with E-state index in [4.69, 9.17) is 0 Å². The summed E-state index contributed by atoms with van der Waals surface area (Å²) in [6, 6.07) is 9.33. The number of nitro benzene ring substituents is 1. The number of carbonyl (C=O) groups is 1. The summed E-state index contributed by atoms with van der Waals surface area (Å²) in [6.07, 6.45) is -4.41. The van der Waals surface area contributed by atoms with E-state index < -0.39 is 28.3 Å². The Balaban J connectivity index is 1.61. The van der Waals surface area contributed by atoms with Gasteiger partial charge in [0.2, 0.25) is 5.91 Å². The van der Waals surface area contributed by atoms with Crippen molar-refractivity contribution in [3.05, 3.63) is 64.0 Å². The number of hydrogen-bond acceptors (Lipinski definition) is 5. The molecule has 0 bridgehead atoms. The predicted octanol–water partition coefficient (Wildman–Crippen LogP) is 3.57. The van der Waals surface area contributed by atoms with Crippen molar-refractivity contribution in [1.82, 2.24) is 15.4 Å². The van der Waals surface area contributed by atoms with Crippen LogP contribution in [0.15, 0.2) is 42.5 Å². The van der Waals surface area contributed by atoms with Crippen molar-refractivity contribution < 1.29 is 22.9 Å². The molecule has 0 fully saturated rings. The molecule has 28 heavy (non-hydrogen) atoms. The van der Waals surface area contributed by atoms with Crippen LogP contribution in [0.4, 0.5) is 24.5 Å². The number of fused-ring (bicyclic) bond motifs is 1. The summed E-state index contributed by atoms with van der Waals surface area (Å²) in [5.41, 5.74) is 3.92. The summed E-state index contributed by atoms with van der Waals surface area (Å²) < 4.78 is 38.1. The zero-order chi connectivity index (χ0) is 20.3. The molecule has 0 spiro atoms. The van der Waals surface area contributed by atoms with Crippen molar-refractivity contribution in [3.8, 4) is 0 Å². The number of rotatable bonds is 6. The first kappa shape index (κ1) is 19.1. The Morgan fingerprint density at radius 2 is 1.96 bits per heavy atom. The van der Waals surface area contributed by atoms with Gasteiger partial charge in [0.15, 0.2) is 0 Å². The predicted molar refractivity (Wildman–Crippen MR) is 94.3 cm³/mol. The van der Waals surface area contributed by atoms with E-state index in [1.165, 1.54) is 0 Å². The third-order valence-electron chi connectivity index (χ3n) is 3.89. The first-order valence-electron chi connectivity index (χ1n) is 8.08. The lowest BCUT2D eigenvalue weighted by Crippen LogP contribution is -2.30. The number of aromatic nitrogens is 2. The van der Waals surface area contributed by atoms with Crippen molar-refractivity contribution in [2.24, 2.45) is 0 Å². The normalized spacial score (nSPS) is 11.4. The summed E-state index contributed by atoms with van der Waals surface area (Å²) in [6.45, 7) is 0. The zero-order valence-electron chi connectivity index (χ0n) is 14.2. The molecule has 0 aliphatic rings. The standard InChI is InChI=1S/C17H14F3N5O3/c18-17(19,20)10-5-6-13(14(9-10)25(27)28)23-24-16(26)8-7-15-21-11-3-1-2-4-12(11)22-15/h1-6,9,23H,7-8H2,(H,21,22)(H,24,26). The molecule has 3 aromatic rings. The number of hydrogen-bond donors (Lipinski definition) is 3. The van der Waals surface area contributed by atoms with E-state index >= 15 is 0 Å². The number of benzene rings is 2. The first-order valence-corrected chi connectivity index (χ1v) is 8.08. The van der Waals surface area contributed by atoms with E-state index in [2.05, 4.69) is 20.8 Å². The number of nitrogens with zero attached hydrogens (tertiary/aromatic N) is 2. The van der Waals surface area contributed by atoms with Gasteiger partial charge in [0.05, 0.1) is 21.5 Å². The number of alkyl halides is 3. The number of amides is 1. The molecular weight excluding hydrogens is 379 g/mol. The van der Waals surface area contributed by atoms with Crippen LogP contribution < -0.4 is 10.9 Å². The van der Waals surface area contributed by atoms with Gasteiger partial charge in [-0.15, -0.1) is 0 Å². The maximum atomic E-state index is 12.7. The fraction of sp³-hybridized carbons (Fsp3) is 0.176. The van der Waals surface area contributed by atoms with Gasteiger partial charge in [0, 0.05) is 18.9 Å². The van der Waals surface area contributed by atoms with Crippen LogP contribution in [0.1, 0.15) is 17.8 Å². The molecule has 0 aliphatic carbocycles. The van der Waals surface area contributed by atoms with Gasteiger partial charge in [0.25, 0.3) is 5.69 Å². The molecule has 0 atom stereocenters. The minimum Gasteiger partial charge on any atom is -0.342 e. The SMILES string of the molecule is O=C(CCc1nc2ccccc2[nH]1)NNc1ccc(C(F)(F)F)cc1[N+](=O)[O-]. The highest BCUT2D eigenvalue weighted by Gasteiger charge is 2.33. The van der Waals surface area contributed by atoms with Crippen LogP contribution in [0.3, 0.4) is 0 Å². The smallest absolute Gasteiger partial charge is 0.342 e. The minimum atomic E-state index is -4.71. The zero-order valence-corrected chi connectivity index (χ0v) is 14.2. The number of halogens is 3. The van der Waals surface area contributed by atoms with E-state index in [-0.39, 0.29) is 18.5 Å². The molecule has 1 aromatic heterocycles. The van der Waals surface area contributed by atoms with E-state index in [1.807, 2.05) is 24.3 Å². The molecule has 1 amide bonds. The van der Waals surface area contributed by atoms with Gasteiger partial charge in [-0.05, 0) is 24.3 Å². The van der Waals surface area contributed by atoms with Crippen LogP contribution in [0.25, 0.3) is 11.0 Å². The Kier molecular flexibility index (Phi) is 5.16. The molecule has 0 saturated carbocycles. The maximum absolute atomic E-state index is 12.7. The molecule has 8 nitrogen and oxygen atoms in total. The van der Waals surface area contributed by atoms with Crippen molar-refractivity contribution in [1.29, 1.82) is 0 Å². The lowest BCUT2D eigenvalue weighted by atomic mass is 10.1. The molecule has 146 valence electrons. The Morgan fingerprint density at radius 1 is 1.21 bits per heavy atom. The molecule has 2 aromatic carbocycles. The van der Waals surface area contributed by atoms with Crippen molar-refractivity contribution in [2.75, 3.05) is 5.43 Å². The molecule has 0 aliphatic heterocycles. The molecule has 0 unspecified atom stereocenters. The number of nitro groups is 1. The number of anilines is 1. The Morgan fingerprint density at radius 3 is 2.64 bits per heavy atom.